The van der Waals surface area contributed by atoms with E-state index in [0.717, 1.165) is 15.9 Å². The van der Waals surface area contributed by atoms with Gasteiger partial charge >= 0.3 is 0 Å². The van der Waals surface area contributed by atoms with Gasteiger partial charge in [-0.15, -0.1) is 0 Å². The predicted molar refractivity (Wildman–Crippen MR) is 117 cm³/mol. The molecule has 30 heavy (non-hydrogen) atoms. The van der Waals surface area contributed by atoms with E-state index in [-0.39, 0.29) is 29.8 Å². The van der Waals surface area contributed by atoms with Crippen LogP contribution >= 0.6 is 15.9 Å². The van der Waals surface area contributed by atoms with Gasteiger partial charge in [-0.2, -0.15) is 14.5 Å². The van der Waals surface area contributed by atoms with Gasteiger partial charge in [0.05, 0.1) is 28.3 Å². The first-order valence-corrected chi connectivity index (χ1v) is 12.3. The van der Waals surface area contributed by atoms with Crippen molar-refractivity contribution in [2.75, 3.05) is 26.2 Å². The first-order chi connectivity index (χ1) is 14.1. The molecule has 9 nitrogen and oxygen atoms in total. The number of hydrogen-bond donors (Lipinski definition) is 0. The molecule has 1 atom stereocenters. The van der Waals surface area contributed by atoms with Gasteiger partial charge in [-0.25, -0.2) is 8.42 Å². The number of halogens is 1. The average Bonchev–Trinajstić information content (AvgIpc) is 3.22. The minimum absolute atomic E-state index is 0.0192. The molecule has 1 unspecified atom stereocenters. The third kappa shape index (κ3) is 4.33. The first kappa shape index (κ1) is 23.0. The van der Waals surface area contributed by atoms with Gasteiger partial charge in [0, 0.05) is 44.6 Å². The first-order valence-electron chi connectivity index (χ1n) is 10.1. The van der Waals surface area contributed by atoms with Crippen LogP contribution in [0.15, 0.2) is 15.6 Å². The third-order valence-electron chi connectivity index (χ3n) is 5.55. The fourth-order valence-corrected chi connectivity index (χ4v) is 5.58. The van der Waals surface area contributed by atoms with Crippen molar-refractivity contribution in [3.63, 3.8) is 0 Å². The minimum Gasteiger partial charge on any atom is -0.340 e. The van der Waals surface area contributed by atoms with E-state index in [4.69, 9.17) is 0 Å². The molecule has 0 aromatic carbocycles. The second kappa shape index (κ2) is 8.80. The molecule has 0 bridgehead atoms. The van der Waals surface area contributed by atoms with Gasteiger partial charge in [-0.1, -0.05) is 6.92 Å². The van der Waals surface area contributed by atoms with Crippen LogP contribution in [0.25, 0.3) is 0 Å². The SMILES string of the molecule is CCn1cc(S(=O)(=O)N2CCN(C(=O)C(C)Cn3nc(C)c(Br)c3C)CC2)c(C)n1. The van der Waals surface area contributed by atoms with E-state index < -0.39 is 10.0 Å². The molecule has 1 aliphatic heterocycles. The number of hydrogen-bond acceptors (Lipinski definition) is 5. The Morgan fingerprint density at radius 1 is 1.13 bits per heavy atom. The lowest BCUT2D eigenvalue weighted by Crippen LogP contribution is -2.52. The van der Waals surface area contributed by atoms with Gasteiger partial charge in [0.25, 0.3) is 0 Å². The Morgan fingerprint density at radius 3 is 2.27 bits per heavy atom. The quantitative estimate of drug-likeness (QED) is 0.604. The highest BCUT2D eigenvalue weighted by atomic mass is 79.9. The van der Waals surface area contributed by atoms with Crippen molar-refractivity contribution in [2.24, 2.45) is 5.92 Å². The van der Waals surface area contributed by atoms with Crippen molar-refractivity contribution < 1.29 is 13.2 Å². The molecule has 1 saturated heterocycles. The number of amides is 1. The Morgan fingerprint density at radius 2 is 1.77 bits per heavy atom. The second-order valence-corrected chi connectivity index (χ2v) is 10.4. The van der Waals surface area contributed by atoms with Gasteiger partial charge in [0.15, 0.2) is 0 Å². The van der Waals surface area contributed by atoms with Crippen molar-refractivity contribution in [2.45, 2.75) is 52.6 Å². The molecular weight excluding hydrogens is 472 g/mol. The van der Waals surface area contributed by atoms with Gasteiger partial charge in [-0.3, -0.25) is 14.2 Å². The summed E-state index contributed by atoms with van der Waals surface area (Å²) in [5, 5.41) is 8.72. The second-order valence-electron chi connectivity index (χ2n) is 7.73. The zero-order valence-electron chi connectivity index (χ0n) is 18.1. The molecule has 3 rings (SSSR count). The third-order valence-corrected chi connectivity index (χ3v) is 8.70. The summed E-state index contributed by atoms with van der Waals surface area (Å²) in [6.45, 7) is 11.8. The number of sulfonamides is 1. The Kier molecular flexibility index (Phi) is 6.73. The number of carbonyl (C=O) groups excluding carboxylic acids is 1. The van der Waals surface area contributed by atoms with E-state index in [0.29, 0.717) is 31.9 Å². The standard InChI is InChI=1S/C19H29BrN6O3S/c1-6-24-12-17(14(3)21-24)30(28,29)25-9-7-23(8-10-25)19(27)13(2)11-26-16(5)18(20)15(4)22-26/h12-13H,6-11H2,1-5H3. The highest BCUT2D eigenvalue weighted by Gasteiger charge is 2.33. The Hall–Kier alpha value is -1.72. The van der Waals surface area contributed by atoms with Crippen LogP contribution in [0.1, 0.15) is 30.9 Å². The molecule has 0 N–H and O–H groups in total. The molecule has 2 aromatic heterocycles. The molecule has 11 heteroatoms. The summed E-state index contributed by atoms with van der Waals surface area (Å²) in [7, 11) is -3.61. The monoisotopic (exact) mass is 500 g/mol. The number of rotatable bonds is 6. The van der Waals surface area contributed by atoms with Crippen LogP contribution in [-0.4, -0.2) is 69.3 Å². The van der Waals surface area contributed by atoms with Crippen molar-refractivity contribution in [1.82, 2.24) is 28.8 Å². The van der Waals surface area contributed by atoms with Crippen LogP contribution < -0.4 is 0 Å². The molecule has 0 radical (unpaired) electrons. The minimum atomic E-state index is -3.61. The molecule has 0 spiro atoms. The summed E-state index contributed by atoms with van der Waals surface area (Å²) in [6, 6.07) is 0. The van der Waals surface area contributed by atoms with E-state index in [1.165, 1.54) is 4.31 Å². The Balaban J connectivity index is 1.63. The lowest BCUT2D eigenvalue weighted by Gasteiger charge is -2.35. The summed E-state index contributed by atoms with van der Waals surface area (Å²) in [5.74, 6) is -0.228. The maximum absolute atomic E-state index is 13.0. The van der Waals surface area contributed by atoms with Crippen LogP contribution in [0.2, 0.25) is 0 Å². The highest BCUT2D eigenvalue weighted by Crippen LogP contribution is 2.23. The molecule has 2 aromatic rings. The fourth-order valence-electron chi connectivity index (χ4n) is 3.70. The maximum atomic E-state index is 13.0. The average molecular weight is 501 g/mol. The predicted octanol–water partition coefficient (Wildman–Crippen LogP) is 1.96. The molecule has 1 aliphatic rings. The van der Waals surface area contributed by atoms with Crippen LogP contribution in [0, 0.1) is 26.7 Å². The zero-order valence-corrected chi connectivity index (χ0v) is 20.5. The number of aromatic nitrogens is 4. The molecule has 0 saturated carbocycles. The molecule has 1 amide bonds. The topological polar surface area (TPSA) is 93.3 Å². The van der Waals surface area contributed by atoms with Gasteiger partial charge in [0.2, 0.25) is 15.9 Å². The largest absolute Gasteiger partial charge is 0.340 e. The van der Waals surface area contributed by atoms with Crippen LogP contribution in [0.4, 0.5) is 0 Å². The van der Waals surface area contributed by atoms with E-state index in [1.54, 1.807) is 22.7 Å². The van der Waals surface area contributed by atoms with E-state index in [2.05, 4.69) is 26.1 Å². The van der Waals surface area contributed by atoms with Crippen LogP contribution in [0.5, 0.6) is 0 Å². The van der Waals surface area contributed by atoms with Crippen molar-refractivity contribution in [3.8, 4) is 0 Å². The van der Waals surface area contributed by atoms with Gasteiger partial charge in [0.1, 0.15) is 4.90 Å². The Bertz CT molecular complexity index is 1040. The molecule has 0 aliphatic carbocycles. The summed E-state index contributed by atoms with van der Waals surface area (Å²) in [5.41, 5.74) is 2.39. The van der Waals surface area contributed by atoms with Crippen LogP contribution in [0.3, 0.4) is 0 Å². The normalized spacial score (nSPS) is 16.8. The van der Waals surface area contributed by atoms with E-state index >= 15 is 0 Å². The van der Waals surface area contributed by atoms with Crippen molar-refractivity contribution in [1.29, 1.82) is 0 Å². The molecule has 166 valence electrons. The van der Waals surface area contributed by atoms with Gasteiger partial charge < -0.3 is 4.90 Å². The van der Waals surface area contributed by atoms with Crippen LogP contribution in [-0.2, 0) is 27.9 Å². The maximum Gasteiger partial charge on any atom is 0.246 e. The summed E-state index contributed by atoms with van der Waals surface area (Å²) in [4.78, 5) is 14.9. The number of piperazine rings is 1. The smallest absolute Gasteiger partial charge is 0.246 e. The lowest BCUT2D eigenvalue weighted by molar-refractivity contribution is -0.136. The summed E-state index contributed by atoms with van der Waals surface area (Å²) in [6.07, 6.45) is 1.58. The molecular formula is C19H29BrN6O3S. The fraction of sp³-hybridized carbons (Fsp3) is 0.632. The number of aryl methyl sites for hydroxylation is 3. The lowest BCUT2D eigenvalue weighted by atomic mass is 10.1. The highest BCUT2D eigenvalue weighted by molar-refractivity contribution is 9.10. The number of carbonyl (C=O) groups is 1. The van der Waals surface area contributed by atoms with Gasteiger partial charge in [-0.05, 0) is 43.6 Å². The van der Waals surface area contributed by atoms with E-state index in [9.17, 15) is 13.2 Å². The Labute approximate surface area is 186 Å². The molecule has 1 fully saturated rings. The van der Waals surface area contributed by atoms with E-state index in [1.807, 2.05) is 32.4 Å². The van der Waals surface area contributed by atoms with Crippen molar-refractivity contribution in [3.05, 3.63) is 27.8 Å². The number of nitrogens with zero attached hydrogens (tertiary/aromatic N) is 6. The summed E-state index contributed by atoms with van der Waals surface area (Å²) < 4.78 is 31.9. The zero-order chi connectivity index (χ0) is 22.2. The molecule has 3 heterocycles. The van der Waals surface area contributed by atoms with Crippen molar-refractivity contribution >= 4 is 31.9 Å². The summed E-state index contributed by atoms with van der Waals surface area (Å²) >= 11 is 3.51.